The molecule has 66 valence electrons. The van der Waals surface area contributed by atoms with Gasteiger partial charge in [0.15, 0.2) is 6.79 Å². The summed E-state index contributed by atoms with van der Waals surface area (Å²) in [4.78, 5) is 0. The molecule has 0 heterocycles. The molecule has 0 spiro atoms. The summed E-state index contributed by atoms with van der Waals surface area (Å²) in [5.41, 5.74) is 0. The van der Waals surface area contributed by atoms with Crippen molar-refractivity contribution in [2.24, 2.45) is 0 Å². The van der Waals surface area contributed by atoms with E-state index in [1.54, 1.807) is 0 Å². The van der Waals surface area contributed by atoms with Crippen molar-refractivity contribution in [2.45, 2.75) is 12.5 Å². The molecule has 2 N–H and O–H groups in total. The van der Waals surface area contributed by atoms with Crippen LogP contribution in [0.3, 0.4) is 0 Å². The van der Waals surface area contributed by atoms with Gasteiger partial charge in [0, 0.05) is 20.1 Å². The van der Waals surface area contributed by atoms with Gasteiger partial charge in [0.05, 0.1) is 12.4 Å². The molecular formula is C7H14O4. The van der Waals surface area contributed by atoms with E-state index < -0.39 is 6.10 Å². The molecule has 0 aromatic heterocycles. The Labute approximate surface area is 66.1 Å². The number of rotatable bonds is 6. The molecule has 0 radical (unpaired) electrons. The molecule has 0 fully saturated rings. The molecule has 0 aromatic carbocycles. The maximum absolute atomic E-state index is 8.98. The summed E-state index contributed by atoms with van der Waals surface area (Å²) in [6.07, 6.45) is 2.49. The van der Waals surface area contributed by atoms with E-state index >= 15 is 0 Å². The Hall–Kier alpha value is -0.580. The maximum atomic E-state index is 8.98. The lowest BCUT2D eigenvalue weighted by atomic mass is 10.3. The molecule has 0 aliphatic rings. The number of hydrogen-bond donors (Lipinski definition) is 2. The average molecular weight is 162 g/mol. The zero-order valence-corrected chi connectivity index (χ0v) is 6.56. The quantitative estimate of drug-likeness (QED) is 0.324. The van der Waals surface area contributed by atoms with Crippen LogP contribution in [-0.4, -0.2) is 36.8 Å². The maximum Gasteiger partial charge on any atom is 0.187 e. The van der Waals surface area contributed by atoms with E-state index in [2.05, 4.69) is 4.74 Å². The van der Waals surface area contributed by atoms with E-state index in [0.29, 0.717) is 6.42 Å². The highest BCUT2D eigenvalue weighted by Gasteiger charge is 1.95. The molecule has 0 aliphatic carbocycles. The number of ether oxygens (including phenoxy) is 2. The second kappa shape index (κ2) is 7.53. The molecule has 4 nitrogen and oxygen atoms in total. The molecule has 0 saturated heterocycles. The van der Waals surface area contributed by atoms with Crippen LogP contribution in [-0.2, 0) is 9.47 Å². The van der Waals surface area contributed by atoms with Crippen molar-refractivity contribution >= 4 is 0 Å². The lowest BCUT2D eigenvalue weighted by Crippen LogP contribution is -2.04. The van der Waals surface area contributed by atoms with Crippen LogP contribution < -0.4 is 0 Å². The van der Waals surface area contributed by atoms with Crippen LogP contribution >= 0.6 is 0 Å². The van der Waals surface area contributed by atoms with Gasteiger partial charge in [-0.25, -0.2) is 0 Å². The van der Waals surface area contributed by atoms with Gasteiger partial charge >= 0.3 is 0 Å². The Bertz CT molecular complexity index is 103. The SMILES string of the molecule is COCO/C=C/[C@@H](O)CCO. The first-order valence-corrected chi connectivity index (χ1v) is 3.37. The van der Waals surface area contributed by atoms with Gasteiger partial charge in [0.2, 0.25) is 0 Å². The molecule has 0 aliphatic heterocycles. The fraction of sp³-hybridized carbons (Fsp3) is 0.714. The highest BCUT2D eigenvalue weighted by molar-refractivity contribution is 4.82. The molecule has 4 heteroatoms. The van der Waals surface area contributed by atoms with Crippen LogP contribution in [0.25, 0.3) is 0 Å². The third-order valence-electron chi connectivity index (χ3n) is 1.01. The van der Waals surface area contributed by atoms with Gasteiger partial charge in [-0.2, -0.15) is 0 Å². The van der Waals surface area contributed by atoms with Crippen molar-refractivity contribution in [2.75, 3.05) is 20.5 Å². The van der Waals surface area contributed by atoms with Crippen molar-refractivity contribution in [1.29, 1.82) is 0 Å². The monoisotopic (exact) mass is 162 g/mol. The first-order chi connectivity index (χ1) is 5.31. The fourth-order valence-corrected chi connectivity index (χ4v) is 0.482. The van der Waals surface area contributed by atoms with Crippen molar-refractivity contribution in [3.63, 3.8) is 0 Å². The number of methoxy groups -OCH3 is 1. The van der Waals surface area contributed by atoms with Gasteiger partial charge < -0.3 is 19.7 Å². The predicted molar refractivity (Wildman–Crippen MR) is 39.8 cm³/mol. The molecule has 0 unspecified atom stereocenters. The lowest BCUT2D eigenvalue weighted by molar-refractivity contribution is 0.0184. The van der Waals surface area contributed by atoms with Crippen molar-refractivity contribution < 1.29 is 19.7 Å². The minimum atomic E-state index is -0.642. The topological polar surface area (TPSA) is 58.9 Å². The molecular weight excluding hydrogens is 148 g/mol. The third kappa shape index (κ3) is 7.32. The Kier molecular flexibility index (Phi) is 7.13. The van der Waals surface area contributed by atoms with Crippen molar-refractivity contribution in [3.8, 4) is 0 Å². The van der Waals surface area contributed by atoms with Crippen molar-refractivity contribution in [1.82, 2.24) is 0 Å². The number of aliphatic hydroxyl groups excluding tert-OH is 2. The van der Waals surface area contributed by atoms with Crippen LogP contribution in [0.2, 0.25) is 0 Å². The fourth-order valence-electron chi connectivity index (χ4n) is 0.482. The predicted octanol–water partition coefficient (Wildman–Crippen LogP) is -0.136. The summed E-state index contributed by atoms with van der Waals surface area (Å²) in [5, 5.41) is 17.4. The van der Waals surface area contributed by atoms with E-state index in [1.807, 2.05) is 0 Å². The Morgan fingerprint density at radius 3 is 2.82 bits per heavy atom. The average Bonchev–Trinajstić information content (AvgIpc) is 1.99. The third-order valence-corrected chi connectivity index (χ3v) is 1.01. The molecule has 0 bridgehead atoms. The summed E-state index contributed by atoms with van der Waals surface area (Å²) in [7, 11) is 1.51. The smallest absolute Gasteiger partial charge is 0.187 e. The number of hydrogen-bond acceptors (Lipinski definition) is 4. The van der Waals surface area contributed by atoms with E-state index in [-0.39, 0.29) is 13.4 Å². The lowest BCUT2D eigenvalue weighted by Gasteiger charge is -2.01. The zero-order valence-electron chi connectivity index (χ0n) is 6.56. The van der Waals surface area contributed by atoms with Crippen LogP contribution in [0, 0.1) is 0 Å². The van der Waals surface area contributed by atoms with E-state index in [4.69, 9.17) is 14.9 Å². The first-order valence-electron chi connectivity index (χ1n) is 3.37. The summed E-state index contributed by atoms with van der Waals surface area (Å²) in [6, 6.07) is 0. The normalized spacial score (nSPS) is 13.7. The first kappa shape index (κ1) is 10.4. The Morgan fingerprint density at radius 1 is 1.55 bits per heavy atom. The van der Waals surface area contributed by atoms with Gasteiger partial charge in [-0.3, -0.25) is 0 Å². The summed E-state index contributed by atoms with van der Waals surface area (Å²) >= 11 is 0. The number of aliphatic hydroxyl groups is 2. The Balaban J connectivity index is 3.24. The van der Waals surface area contributed by atoms with Gasteiger partial charge in [0.1, 0.15) is 0 Å². The highest BCUT2D eigenvalue weighted by Crippen LogP contribution is 1.92. The van der Waals surface area contributed by atoms with Gasteiger partial charge in [-0.1, -0.05) is 0 Å². The zero-order chi connectivity index (χ0) is 8.53. The summed E-state index contributed by atoms with van der Waals surface area (Å²) in [5.74, 6) is 0. The van der Waals surface area contributed by atoms with Gasteiger partial charge in [0.25, 0.3) is 0 Å². The van der Waals surface area contributed by atoms with Gasteiger partial charge in [-0.05, 0) is 6.08 Å². The molecule has 11 heavy (non-hydrogen) atoms. The molecule has 0 amide bonds. The van der Waals surface area contributed by atoms with Crippen LogP contribution in [0.5, 0.6) is 0 Å². The van der Waals surface area contributed by atoms with E-state index in [1.165, 1.54) is 19.4 Å². The molecule has 0 saturated carbocycles. The largest absolute Gasteiger partial charge is 0.475 e. The van der Waals surface area contributed by atoms with Gasteiger partial charge in [-0.15, -0.1) is 0 Å². The van der Waals surface area contributed by atoms with Crippen molar-refractivity contribution in [3.05, 3.63) is 12.3 Å². The van der Waals surface area contributed by atoms with Crippen LogP contribution in [0.4, 0.5) is 0 Å². The minimum Gasteiger partial charge on any atom is -0.475 e. The highest BCUT2D eigenvalue weighted by atomic mass is 16.7. The molecule has 0 aromatic rings. The minimum absolute atomic E-state index is 0.0320. The van der Waals surface area contributed by atoms with E-state index in [9.17, 15) is 0 Å². The second-order valence-electron chi connectivity index (χ2n) is 1.98. The molecule has 0 rings (SSSR count). The second-order valence-corrected chi connectivity index (χ2v) is 1.98. The Morgan fingerprint density at radius 2 is 2.27 bits per heavy atom. The summed E-state index contributed by atoms with van der Waals surface area (Å²) < 4.78 is 9.33. The standard InChI is InChI=1S/C7H14O4/c1-10-6-11-5-3-7(9)2-4-8/h3,5,7-9H,2,4,6H2,1H3/b5-3+/t7-/m0/s1. The summed E-state index contributed by atoms with van der Waals surface area (Å²) in [6.45, 7) is 0.137. The van der Waals surface area contributed by atoms with Crippen LogP contribution in [0.1, 0.15) is 6.42 Å². The van der Waals surface area contributed by atoms with Crippen LogP contribution in [0.15, 0.2) is 12.3 Å². The van der Waals surface area contributed by atoms with E-state index in [0.717, 1.165) is 0 Å². The molecule has 1 atom stereocenters.